The molecule has 0 unspecified atom stereocenters. The molecular formula is C21H21ClN2O2S. The molecule has 0 aliphatic heterocycles. The molecule has 3 rings (SSSR count). The van der Waals surface area contributed by atoms with Gasteiger partial charge in [0.15, 0.2) is 10.7 Å². The van der Waals surface area contributed by atoms with Gasteiger partial charge in [0.2, 0.25) is 0 Å². The number of halogens is 1. The smallest absolute Gasteiger partial charge is 0.269 e. The van der Waals surface area contributed by atoms with Crippen molar-refractivity contribution in [3.63, 3.8) is 0 Å². The number of carbonyl (C=O) groups is 1. The van der Waals surface area contributed by atoms with Gasteiger partial charge in [0.25, 0.3) is 5.91 Å². The first-order valence-electron chi connectivity index (χ1n) is 8.68. The second-order valence-electron chi connectivity index (χ2n) is 6.61. The number of rotatable bonds is 6. The third-order valence-corrected chi connectivity index (χ3v) is 5.13. The molecule has 2 aromatic carbocycles. The van der Waals surface area contributed by atoms with E-state index < -0.39 is 5.60 Å². The fourth-order valence-corrected chi connectivity index (χ4v) is 3.31. The first-order valence-corrected chi connectivity index (χ1v) is 9.94. The number of ether oxygens (including phenoxy) is 1. The van der Waals surface area contributed by atoms with Crippen molar-refractivity contribution in [2.75, 3.05) is 5.32 Å². The summed E-state index contributed by atoms with van der Waals surface area (Å²) in [5.41, 5.74) is 2.10. The van der Waals surface area contributed by atoms with Crippen molar-refractivity contribution < 1.29 is 9.53 Å². The van der Waals surface area contributed by atoms with Gasteiger partial charge < -0.3 is 4.74 Å². The van der Waals surface area contributed by atoms with E-state index in [0.717, 1.165) is 17.7 Å². The Bertz CT molecular complexity index is 918. The lowest BCUT2D eigenvalue weighted by Gasteiger charge is -2.24. The highest BCUT2D eigenvalue weighted by molar-refractivity contribution is 7.14. The van der Waals surface area contributed by atoms with Crippen LogP contribution >= 0.6 is 22.9 Å². The second-order valence-corrected chi connectivity index (χ2v) is 7.90. The Kier molecular flexibility index (Phi) is 5.82. The molecule has 1 aromatic heterocycles. The fraction of sp³-hybridized carbons (Fsp3) is 0.238. The number of aryl methyl sites for hydroxylation is 1. The number of anilines is 1. The molecule has 3 aromatic rings. The molecule has 0 saturated heterocycles. The van der Waals surface area contributed by atoms with Gasteiger partial charge in [-0.05, 0) is 50.1 Å². The Labute approximate surface area is 168 Å². The summed E-state index contributed by atoms with van der Waals surface area (Å²) in [5.74, 6) is 0.315. The fourth-order valence-electron chi connectivity index (χ4n) is 2.47. The summed E-state index contributed by atoms with van der Waals surface area (Å²) in [5, 5.41) is 5.94. The number of hydrogen-bond donors (Lipinski definition) is 1. The van der Waals surface area contributed by atoms with Crippen LogP contribution in [0.25, 0.3) is 11.3 Å². The highest BCUT2D eigenvalue weighted by Gasteiger charge is 2.30. The molecule has 0 spiro atoms. The minimum atomic E-state index is -1.05. The van der Waals surface area contributed by atoms with Gasteiger partial charge in [-0.15, -0.1) is 11.3 Å². The summed E-state index contributed by atoms with van der Waals surface area (Å²) >= 11 is 7.27. The van der Waals surface area contributed by atoms with Crippen molar-refractivity contribution in [2.45, 2.75) is 32.8 Å². The quantitative estimate of drug-likeness (QED) is 0.567. The maximum atomic E-state index is 12.6. The zero-order chi connectivity index (χ0) is 19.4. The minimum Gasteiger partial charge on any atom is -0.478 e. The number of aromatic nitrogens is 1. The van der Waals surface area contributed by atoms with E-state index in [-0.39, 0.29) is 5.91 Å². The average molecular weight is 401 g/mol. The van der Waals surface area contributed by atoms with E-state index in [1.54, 1.807) is 38.1 Å². The topological polar surface area (TPSA) is 51.2 Å². The lowest BCUT2D eigenvalue weighted by Crippen LogP contribution is -2.42. The standard InChI is InChI=1S/C21H21ClN2O2S/c1-4-14-5-7-15(8-6-14)18-13-27-20(23-18)24-19(25)21(2,3)26-17-11-9-16(22)10-12-17/h5-13H,4H2,1-3H3,(H,23,24,25). The Morgan fingerprint density at radius 2 is 1.81 bits per heavy atom. The molecule has 4 nitrogen and oxygen atoms in total. The van der Waals surface area contributed by atoms with Crippen molar-refractivity contribution in [1.29, 1.82) is 0 Å². The normalized spacial score (nSPS) is 11.3. The van der Waals surface area contributed by atoms with Crippen molar-refractivity contribution in [2.24, 2.45) is 0 Å². The Morgan fingerprint density at radius 1 is 1.15 bits per heavy atom. The van der Waals surface area contributed by atoms with Crippen LogP contribution in [0.15, 0.2) is 53.9 Å². The number of benzene rings is 2. The predicted molar refractivity (Wildman–Crippen MR) is 112 cm³/mol. The Morgan fingerprint density at radius 3 is 2.44 bits per heavy atom. The van der Waals surface area contributed by atoms with Crippen molar-refractivity contribution in [3.05, 3.63) is 64.5 Å². The van der Waals surface area contributed by atoms with Crippen LogP contribution in [0.2, 0.25) is 5.02 Å². The second kappa shape index (κ2) is 8.11. The van der Waals surface area contributed by atoms with E-state index in [4.69, 9.17) is 16.3 Å². The molecule has 1 heterocycles. The molecule has 6 heteroatoms. The number of hydrogen-bond acceptors (Lipinski definition) is 4. The number of nitrogens with one attached hydrogen (secondary N) is 1. The minimum absolute atomic E-state index is 0.264. The van der Waals surface area contributed by atoms with Crippen LogP contribution in [-0.2, 0) is 11.2 Å². The molecule has 0 aliphatic carbocycles. The van der Waals surface area contributed by atoms with Crippen LogP contribution in [0, 0.1) is 0 Å². The lowest BCUT2D eigenvalue weighted by atomic mass is 10.1. The van der Waals surface area contributed by atoms with E-state index >= 15 is 0 Å². The first-order chi connectivity index (χ1) is 12.9. The van der Waals surface area contributed by atoms with Gasteiger partial charge in [0.05, 0.1) is 5.69 Å². The zero-order valence-electron chi connectivity index (χ0n) is 15.5. The number of nitrogens with zero attached hydrogens (tertiary/aromatic N) is 1. The molecule has 0 radical (unpaired) electrons. The van der Waals surface area contributed by atoms with E-state index in [1.165, 1.54) is 16.9 Å². The molecule has 0 bridgehead atoms. The molecule has 0 saturated carbocycles. The van der Waals surface area contributed by atoms with Crippen molar-refractivity contribution in [1.82, 2.24) is 4.98 Å². The van der Waals surface area contributed by atoms with Gasteiger partial charge in [-0.25, -0.2) is 4.98 Å². The summed E-state index contributed by atoms with van der Waals surface area (Å²) in [4.78, 5) is 17.2. The third kappa shape index (κ3) is 4.87. The van der Waals surface area contributed by atoms with Gasteiger partial charge in [-0.3, -0.25) is 10.1 Å². The molecule has 140 valence electrons. The van der Waals surface area contributed by atoms with Gasteiger partial charge in [0, 0.05) is 16.0 Å². The van der Waals surface area contributed by atoms with Crippen LogP contribution in [-0.4, -0.2) is 16.5 Å². The Balaban J connectivity index is 1.68. The number of thiazole rings is 1. The van der Waals surface area contributed by atoms with E-state index in [9.17, 15) is 4.79 Å². The monoisotopic (exact) mass is 400 g/mol. The molecule has 0 atom stereocenters. The summed E-state index contributed by atoms with van der Waals surface area (Å²) in [6, 6.07) is 15.2. The van der Waals surface area contributed by atoms with E-state index in [2.05, 4.69) is 29.4 Å². The molecule has 0 aliphatic rings. The lowest BCUT2D eigenvalue weighted by molar-refractivity contribution is -0.128. The number of carbonyl (C=O) groups excluding carboxylic acids is 1. The third-order valence-electron chi connectivity index (χ3n) is 4.12. The number of amides is 1. The highest BCUT2D eigenvalue weighted by Crippen LogP contribution is 2.27. The maximum absolute atomic E-state index is 12.6. The van der Waals surface area contributed by atoms with Crippen LogP contribution in [0.5, 0.6) is 5.75 Å². The van der Waals surface area contributed by atoms with Gasteiger partial charge in [-0.1, -0.05) is 42.8 Å². The molecule has 27 heavy (non-hydrogen) atoms. The van der Waals surface area contributed by atoms with Crippen LogP contribution in [0.1, 0.15) is 26.3 Å². The molecule has 1 amide bonds. The first kappa shape index (κ1) is 19.4. The molecule has 0 fully saturated rings. The SMILES string of the molecule is CCc1ccc(-c2csc(NC(=O)C(C)(C)Oc3ccc(Cl)cc3)n2)cc1. The summed E-state index contributed by atoms with van der Waals surface area (Å²) < 4.78 is 5.81. The van der Waals surface area contributed by atoms with Crippen molar-refractivity contribution in [3.8, 4) is 17.0 Å². The Hall–Kier alpha value is -2.37. The molecular weight excluding hydrogens is 380 g/mol. The largest absolute Gasteiger partial charge is 0.478 e. The zero-order valence-corrected chi connectivity index (χ0v) is 17.0. The summed E-state index contributed by atoms with van der Waals surface area (Å²) in [6.45, 7) is 5.56. The van der Waals surface area contributed by atoms with Gasteiger partial charge in [-0.2, -0.15) is 0 Å². The van der Waals surface area contributed by atoms with E-state index in [0.29, 0.717) is 15.9 Å². The summed E-state index contributed by atoms with van der Waals surface area (Å²) in [6.07, 6.45) is 1.00. The van der Waals surface area contributed by atoms with E-state index in [1.807, 2.05) is 17.5 Å². The van der Waals surface area contributed by atoms with Crippen LogP contribution in [0.4, 0.5) is 5.13 Å². The van der Waals surface area contributed by atoms with Gasteiger partial charge >= 0.3 is 0 Å². The average Bonchev–Trinajstić information content (AvgIpc) is 3.12. The highest BCUT2D eigenvalue weighted by atomic mass is 35.5. The van der Waals surface area contributed by atoms with Crippen molar-refractivity contribution >= 4 is 34.0 Å². The summed E-state index contributed by atoms with van der Waals surface area (Å²) in [7, 11) is 0. The predicted octanol–water partition coefficient (Wildman–Crippen LogP) is 5.82. The van der Waals surface area contributed by atoms with Crippen LogP contribution < -0.4 is 10.1 Å². The van der Waals surface area contributed by atoms with Gasteiger partial charge in [0.1, 0.15) is 5.75 Å². The maximum Gasteiger partial charge on any atom is 0.269 e. The molecule has 1 N–H and O–H groups in total. The van der Waals surface area contributed by atoms with Crippen LogP contribution in [0.3, 0.4) is 0 Å².